The number of nitrogens with zero attached hydrogens (tertiary/aromatic N) is 3. The maximum atomic E-state index is 13.5. The monoisotopic (exact) mass is 401 g/mol. The lowest BCUT2D eigenvalue weighted by atomic mass is 10.1. The minimum absolute atomic E-state index is 0.276. The van der Waals surface area contributed by atoms with Gasteiger partial charge in [-0.1, -0.05) is 29.3 Å². The van der Waals surface area contributed by atoms with Crippen molar-refractivity contribution in [3.8, 4) is 16.9 Å². The molecule has 0 spiro atoms. The molecule has 142 valence electrons. The van der Waals surface area contributed by atoms with Crippen LogP contribution in [0.4, 0.5) is 4.39 Å². The van der Waals surface area contributed by atoms with Crippen LogP contribution in [0.5, 0.6) is 0 Å². The predicted octanol–water partition coefficient (Wildman–Crippen LogP) is 6.65. The molecule has 0 aliphatic carbocycles. The summed E-state index contributed by atoms with van der Waals surface area (Å²) >= 11 is 6.40. The van der Waals surface area contributed by atoms with Crippen LogP contribution >= 0.6 is 11.6 Å². The van der Waals surface area contributed by atoms with Crippen LogP contribution in [0.3, 0.4) is 0 Å². The van der Waals surface area contributed by atoms with E-state index in [9.17, 15) is 4.39 Å². The molecule has 5 rings (SSSR count). The summed E-state index contributed by atoms with van der Waals surface area (Å²) in [5, 5.41) is 7.51. The molecule has 3 aromatic carbocycles. The molecule has 0 aliphatic rings. The molecule has 29 heavy (non-hydrogen) atoms. The topological polar surface area (TPSA) is 30.7 Å². The van der Waals surface area contributed by atoms with E-state index in [1.807, 2.05) is 48.1 Å². The molecular weight excluding hydrogens is 385 g/mol. The SMILES string of the molecule is Cc1ccc2ncc3c(-c4ccc(F)cc4)nn(-c4ccc(C)c(Cl)c4)c3c2c1. The Morgan fingerprint density at radius 3 is 2.45 bits per heavy atom. The molecule has 0 bridgehead atoms. The number of aromatic nitrogens is 3. The van der Waals surface area contributed by atoms with Crippen LogP contribution in [0, 0.1) is 19.7 Å². The average molecular weight is 402 g/mol. The van der Waals surface area contributed by atoms with Crippen molar-refractivity contribution < 1.29 is 4.39 Å². The maximum Gasteiger partial charge on any atom is 0.123 e. The second-order valence-corrected chi connectivity index (χ2v) is 7.65. The van der Waals surface area contributed by atoms with Crippen molar-refractivity contribution in [1.82, 2.24) is 14.8 Å². The Morgan fingerprint density at radius 1 is 0.897 bits per heavy atom. The second-order valence-electron chi connectivity index (χ2n) is 7.24. The number of hydrogen-bond donors (Lipinski definition) is 0. The van der Waals surface area contributed by atoms with E-state index in [-0.39, 0.29) is 5.82 Å². The first-order valence-electron chi connectivity index (χ1n) is 9.32. The number of benzene rings is 3. The van der Waals surface area contributed by atoms with E-state index in [4.69, 9.17) is 16.7 Å². The lowest BCUT2D eigenvalue weighted by Crippen LogP contribution is -1.98. The van der Waals surface area contributed by atoms with Gasteiger partial charge in [0.2, 0.25) is 0 Å². The molecule has 0 saturated carbocycles. The van der Waals surface area contributed by atoms with E-state index < -0.39 is 0 Å². The highest BCUT2D eigenvalue weighted by Crippen LogP contribution is 2.34. The molecule has 2 aromatic heterocycles. The quantitative estimate of drug-likeness (QED) is 0.331. The van der Waals surface area contributed by atoms with Gasteiger partial charge in [0.15, 0.2) is 0 Å². The number of aryl methyl sites for hydroxylation is 2. The van der Waals surface area contributed by atoms with E-state index in [0.29, 0.717) is 5.02 Å². The molecule has 2 heterocycles. The Hall–Kier alpha value is -3.24. The smallest absolute Gasteiger partial charge is 0.123 e. The summed E-state index contributed by atoms with van der Waals surface area (Å²) in [4.78, 5) is 4.64. The van der Waals surface area contributed by atoms with Gasteiger partial charge >= 0.3 is 0 Å². The minimum atomic E-state index is -0.276. The normalized spacial score (nSPS) is 11.4. The zero-order valence-electron chi connectivity index (χ0n) is 15.9. The van der Waals surface area contributed by atoms with E-state index in [1.54, 1.807) is 12.1 Å². The molecule has 3 nitrogen and oxygen atoms in total. The van der Waals surface area contributed by atoms with Crippen LogP contribution in [-0.2, 0) is 0 Å². The van der Waals surface area contributed by atoms with Crippen LogP contribution < -0.4 is 0 Å². The van der Waals surface area contributed by atoms with Crippen LogP contribution in [0.25, 0.3) is 38.8 Å². The molecule has 0 atom stereocenters. The van der Waals surface area contributed by atoms with Crippen LogP contribution in [0.1, 0.15) is 11.1 Å². The molecule has 0 saturated heterocycles. The third kappa shape index (κ3) is 2.97. The second kappa shape index (κ2) is 6.68. The third-order valence-corrected chi connectivity index (χ3v) is 5.59. The summed E-state index contributed by atoms with van der Waals surface area (Å²) in [7, 11) is 0. The van der Waals surface area contributed by atoms with Crippen molar-refractivity contribution in [3.05, 3.63) is 88.8 Å². The fraction of sp³-hybridized carbons (Fsp3) is 0.0833. The Balaban J connectivity index is 1.90. The van der Waals surface area contributed by atoms with E-state index in [2.05, 4.69) is 18.0 Å². The Kier molecular flexibility index (Phi) is 4.10. The van der Waals surface area contributed by atoms with Gasteiger partial charge in [-0.05, 0) is 67.9 Å². The Morgan fingerprint density at radius 2 is 1.69 bits per heavy atom. The fourth-order valence-corrected chi connectivity index (χ4v) is 3.79. The van der Waals surface area contributed by atoms with E-state index in [1.165, 1.54) is 12.1 Å². The third-order valence-electron chi connectivity index (χ3n) is 5.18. The lowest BCUT2D eigenvalue weighted by Gasteiger charge is -2.08. The van der Waals surface area contributed by atoms with Gasteiger partial charge in [-0.3, -0.25) is 4.98 Å². The van der Waals surface area contributed by atoms with Crippen LogP contribution in [0.15, 0.2) is 66.9 Å². The van der Waals surface area contributed by atoms with Gasteiger partial charge in [-0.2, -0.15) is 5.10 Å². The number of halogens is 2. The summed E-state index contributed by atoms with van der Waals surface area (Å²) in [6.07, 6.45) is 1.84. The zero-order valence-corrected chi connectivity index (χ0v) is 16.7. The van der Waals surface area contributed by atoms with Crippen molar-refractivity contribution in [2.24, 2.45) is 0 Å². The van der Waals surface area contributed by atoms with Crippen LogP contribution in [-0.4, -0.2) is 14.8 Å². The highest BCUT2D eigenvalue weighted by Gasteiger charge is 2.17. The number of pyridine rings is 1. The molecule has 0 amide bonds. The summed E-state index contributed by atoms with van der Waals surface area (Å²) in [6.45, 7) is 4.03. The molecular formula is C24H17ClFN3. The molecule has 0 fully saturated rings. The molecule has 5 heteroatoms. The first kappa shape index (κ1) is 17.8. The fourth-order valence-electron chi connectivity index (χ4n) is 3.62. The van der Waals surface area contributed by atoms with Crippen molar-refractivity contribution >= 4 is 33.4 Å². The van der Waals surface area contributed by atoms with Crippen molar-refractivity contribution in [3.63, 3.8) is 0 Å². The van der Waals surface area contributed by atoms with E-state index in [0.717, 1.165) is 49.9 Å². The molecule has 0 aliphatic heterocycles. The van der Waals surface area contributed by atoms with Crippen molar-refractivity contribution in [2.45, 2.75) is 13.8 Å². The van der Waals surface area contributed by atoms with Crippen molar-refractivity contribution in [2.75, 3.05) is 0 Å². The van der Waals surface area contributed by atoms with Gasteiger partial charge in [0.05, 0.1) is 16.7 Å². The van der Waals surface area contributed by atoms with Gasteiger partial charge in [0, 0.05) is 27.6 Å². The molecule has 0 unspecified atom stereocenters. The molecule has 5 aromatic rings. The summed E-state index contributed by atoms with van der Waals surface area (Å²) < 4.78 is 15.4. The van der Waals surface area contributed by atoms with E-state index >= 15 is 0 Å². The zero-order chi connectivity index (χ0) is 20.1. The molecule has 0 radical (unpaired) electrons. The highest BCUT2D eigenvalue weighted by molar-refractivity contribution is 6.31. The van der Waals surface area contributed by atoms with Crippen molar-refractivity contribution in [1.29, 1.82) is 0 Å². The predicted molar refractivity (Wildman–Crippen MR) is 116 cm³/mol. The van der Waals surface area contributed by atoms with Gasteiger partial charge in [-0.15, -0.1) is 0 Å². The number of hydrogen-bond acceptors (Lipinski definition) is 2. The summed E-state index contributed by atoms with van der Waals surface area (Å²) in [6, 6.07) is 18.5. The summed E-state index contributed by atoms with van der Waals surface area (Å²) in [5.41, 5.74) is 6.46. The highest BCUT2D eigenvalue weighted by atomic mass is 35.5. The largest absolute Gasteiger partial charge is 0.255 e. The Labute approximate surface area is 172 Å². The average Bonchev–Trinajstić information content (AvgIpc) is 3.11. The van der Waals surface area contributed by atoms with Gasteiger partial charge in [0.1, 0.15) is 11.5 Å². The number of fused-ring (bicyclic) bond motifs is 3. The summed E-state index contributed by atoms with van der Waals surface area (Å²) in [5.74, 6) is -0.276. The lowest BCUT2D eigenvalue weighted by molar-refractivity contribution is 0.628. The van der Waals surface area contributed by atoms with Gasteiger partial charge in [-0.25, -0.2) is 9.07 Å². The maximum absolute atomic E-state index is 13.5. The first-order valence-corrected chi connectivity index (χ1v) is 9.69. The first-order chi connectivity index (χ1) is 14.0. The van der Waals surface area contributed by atoms with Crippen LogP contribution in [0.2, 0.25) is 5.02 Å². The Bertz CT molecular complexity index is 1390. The number of rotatable bonds is 2. The molecule has 0 N–H and O–H groups in total. The standard InChI is InChI=1S/C24H17ClFN3/c1-14-3-10-22-19(11-14)24-20(13-27-22)23(16-5-7-17(26)8-6-16)28-29(24)18-9-4-15(2)21(25)12-18/h3-13H,1-2H3. The minimum Gasteiger partial charge on any atom is -0.255 e. The van der Waals surface area contributed by atoms with Gasteiger partial charge in [0.25, 0.3) is 0 Å². The van der Waals surface area contributed by atoms with Gasteiger partial charge < -0.3 is 0 Å².